The van der Waals surface area contributed by atoms with Crippen LogP contribution in [-0.2, 0) is 0 Å². The smallest absolute Gasteiger partial charge is 0.0794 e. The van der Waals surface area contributed by atoms with Crippen molar-refractivity contribution in [1.29, 1.82) is 0 Å². The van der Waals surface area contributed by atoms with Gasteiger partial charge in [0, 0.05) is 11.9 Å². The Bertz CT molecular complexity index is 380. The quantitative estimate of drug-likeness (QED) is 0.496. The molecule has 0 fully saturated rings. The molecule has 2 nitrogen and oxygen atoms in total. The molecule has 0 N–H and O–H groups in total. The minimum atomic E-state index is 0.913. The highest BCUT2D eigenvalue weighted by Gasteiger charge is 2.00. The van der Waals surface area contributed by atoms with E-state index in [4.69, 9.17) is 0 Å². The van der Waals surface area contributed by atoms with Crippen LogP contribution >= 0.6 is 0 Å². The lowest BCUT2D eigenvalue weighted by Gasteiger charge is -2.05. The van der Waals surface area contributed by atoms with Crippen molar-refractivity contribution in [3.63, 3.8) is 0 Å². The zero-order valence-corrected chi connectivity index (χ0v) is 11.3. The lowest BCUT2D eigenvalue weighted by Crippen LogP contribution is -1.96. The average molecular weight is 218 g/mol. The SMILES string of the molecule is C=C(C)/C(C)=C(C)/N=C(C)/C(=C/C)/N=C\C. The molecule has 0 saturated heterocycles. The van der Waals surface area contributed by atoms with E-state index in [1.165, 1.54) is 0 Å². The van der Waals surface area contributed by atoms with Crippen molar-refractivity contribution in [3.05, 3.63) is 35.2 Å². The van der Waals surface area contributed by atoms with Gasteiger partial charge in [-0.3, -0.25) is 9.98 Å². The fourth-order valence-electron chi connectivity index (χ4n) is 1.22. The molecule has 16 heavy (non-hydrogen) atoms. The van der Waals surface area contributed by atoms with Crippen LogP contribution in [0.15, 0.2) is 45.2 Å². The van der Waals surface area contributed by atoms with Crippen LogP contribution in [0.5, 0.6) is 0 Å². The van der Waals surface area contributed by atoms with Crippen molar-refractivity contribution in [2.24, 2.45) is 9.98 Å². The molecule has 0 spiro atoms. The maximum atomic E-state index is 4.54. The molecule has 0 amide bonds. The van der Waals surface area contributed by atoms with E-state index in [1.807, 2.05) is 47.6 Å². The summed E-state index contributed by atoms with van der Waals surface area (Å²) in [7, 11) is 0. The first-order chi connectivity index (χ1) is 7.43. The zero-order chi connectivity index (χ0) is 12.7. The van der Waals surface area contributed by atoms with Crippen molar-refractivity contribution in [2.75, 3.05) is 0 Å². The van der Waals surface area contributed by atoms with E-state index in [9.17, 15) is 0 Å². The Morgan fingerprint density at radius 2 is 1.62 bits per heavy atom. The second kappa shape index (κ2) is 6.94. The molecule has 0 rings (SSSR count). The second-order valence-corrected chi connectivity index (χ2v) is 3.75. The molecule has 0 radical (unpaired) electrons. The summed E-state index contributed by atoms with van der Waals surface area (Å²) in [6.07, 6.45) is 3.74. The third kappa shape index (κ3) is 4.39. The van der Waals surface area contributed by atoms with E-state index in [1.54, 1.807) is 6.21 Å². The molecule has 0 aromatic rings. The monoisotopic (exact) mass is 218 g/mol. The Labute approximate surface area is 99.2 Å². The molecule has 0 aromatic carbocycles. The van der Waals surface area contributed by atoms with Crippen LogP contribution in [-0.4, -0.2) is 11.9 Å². The topological polar surface area (TPSA) is 24.7 Å². The first-order valence-corrected chi connectivity index (χ1v) is 5.48. The van der Waals surface area contributed by atoms with Crippen molar-refractivity contribution in [2.45, 2.75) is 41.5 Å². The lowest BCUT2D eigenvalue weighted by atomic mass is 10.1. The van der Waals surface area contributed by atoms with Crippen LogP contribution in [0.3, 0.4) is 0 Å². The zero-order valence-electron chi connectivity index (χ0n) is 11.3. The molecule has 0 aliphatic rings. The van der Waals surface area contributed by atoms with Gasteiger partial charge in [-0.1, -0.05) is 18.2 Å². The van der Waals surface area contributed by atoms with Gasteiger partial charge in [0.25, 0.3) is 0 Å². The summed E-state index contributed by atoms with van der Waals surface area (Å²) in [6.45, 7) is 15.8. The van der Waals surface area contributed by atoms with Gasteiger partial charge < -0.3 is 0 Å². The Balaban J connectivity index is 5.20. The third-order valence-corrected chi connectivity index (χ3v) is 2.43. The van der Waals surface area contributed by atoms with E-state index in [2.05, 4.69) is 16.6 Å². The molecule has 0 aliphatic heterocycles. The largest absolute Gasteiger partial charge is 0.260 e. The van der Waals surface area contributed by atoms with Crippen molar-refractivity contribution in [1.82, 2.24) is 0 Å². The van der Waals surface area contributed by atoms with Gasteiger partial charge in [-0.2, -0.15) is 0 Å². The molecule has 0 aliphatic carbocycles. The van der Waals surface area contributed by atoms with Crippen LogP contribution in [0, 0.1) is 0 Å². The molecular weight excluding hydrogens is 196 g/mol. The normalized spacial score (nSPS) is 15.4. The van der Waals surface area contributed by atoms with Gasteiger partial charge in [0.1, 0.15) is 0 Å². The van der Waals surface area contributed by atoms with E-state index in [-0.39, 0.29) is 0 Å². The first-order valence-electron chi connectivity index (χ1n) is 5.48. The van der Waals surface area contributed by atoms with E-state index >= 15 is 0 Å². The minimum absolute atomic E-state index is 0.913. The molecule has 0 heterocycles. The Morgan fingerprint density at radius 1 is 1.06 bits per heavy atom. The highest BCUT2D eigenvalue weighted by atomic mass is 14.8. The predicted molar refractivity (Wildman–Crippen MR) is 74.2 cm³/mol. The van der Waals surface area contributed by atoms with Crippen LogP contribution in [0.2, 0.25) is 0 Å². The summed E-state index contributed by atoms with van der Waals surface area (Å²) in [5.41, 5.74) is 5.02. The molecule has 0 saturated carbocycles. The van der Waals surface area contributed by atoms with Gasteiger partial charge in [-0.05, 0) is 47.1 Å². The second-order valence-electron chi connectivity index (χ2n) is 3.75. The van der Waals surface area contributed by atoms with Crippen molar-refractivity contribution in [3.8, 4) is 0 Å². The molecule has 0 aromatic heterocycles. The maximum absolute atomic E-state index is 4.54. The first kappa shape index (κ1) is 14.6. The maximum Gasteiger partial charge on any atom is 0.0794 e. The molecule has 0 unspecified atom stereocenters. The lowest BCUT2D eigenvalue weighted by molar-refractivity contribution is 1.18. The highest BCUT2D eigenvalue weighted by molar-refractivity contribution is 5.99. The average Bonchev–Trinajstić information content (AvgIpc) is 2.24. The van der Waals surface area contributed by atoms with E-state index < -0.39 is 0 Å². The summed E-state index contributed by atoms with van der Waals surface area (Å²) in [6, 6.07) is 0. The Hall–Kier alpha value is -1.44. The van der Waals surface area contributed by atoms with E-state index in [0.29, 0.717) is 0 Å². The van der Waals surface area contributed by atoms with Crippen LogP contribution in [0.1, 0.15) is 41.5 Å². The number of aliphatic imine (C=N–C) groups is 2. The van der Waals surface area contributed by atoms with Crippen LogP contribution < -0.4 is 0 Å². The predicted octanol–water partition coefficient (Wildman–Crippen LogP) is 4.31. The molecule has 88 valence electrons. The van der Waals surface area contributed by atoms with Crippen LogP contribution in [0.4, 0.5) is 0 Å². The standard InChI is InChI=1S/C14H22N2/c1-8-14(15-9-2)13(7)16-12(6)11(5)10(3)4/h8-9H,3H2,1-2,4-7H3/b12-11+,14-8-,15-9-,16-13+. The third-order valence-electron chi connectivity index (χ3n) is 2.43. The number of allylic oxidation sites excluding steroid dienone is 5. The summed E-state index contributed by atoms with van der Waals surface area (Å²) in [4.78, 5) is 8.80. The Kier molecular flexibility index (Phi) is 6.31. The van der Waals surface area contributed by atoms with Gasteiger partial charge in [0.05, 0.1) is 11.4 Å². The van der Waals surface area contributed by atoms with Gasteiger partial charge in [-0.25, -0.2) is 0 Å². The molecule has 0 atom stereocenters. The summed E-state index contributed by atoms with van der Waals surface area (Å²) in [5, 5.41) is 0. The van der Waals surface area contributed by atoms with Crippen LogP contribution in [0.25, 0.3) is 0 Å². The fourth-order valence-corrected chi connectivity index (χ4v) is 1.22. The van der Waals surface area contributed by atoms with E-state index in [0.717, 1.165) is 28.3 Å². The minimum Gasteiger partial charge on any atom is -0.260 e. The summed E-state index contributed by atoms with van der Waals surface area (Å²) < 4.78 is 0. The van der Waals surface area contributed by atoms with Gasteiger partial charge >= 0.3 is 0 Å². The number of hydrogen-bond acceptors (Lipinski definition) is 2. The highest BCUT2D eigenvalue weighted by Crippen LogP contribution is 2.14. The fraction of sp³-hybridized carbons (Fsp3) is 0.429. The molecule has 0 bridgehead atoms. The molecule has 2 heteroatoms. The number of hydrogen-bond donors (Lipinski definition) is 0. The molecular formula is C14H22N2. The van der Waals surface area contributed by atoms with Crippen molar-refractivity contribution < 1.29 is 0 Å². The number of rotatable bonds is 4. The summed E-state index contributed by atoms with van der Waals surface area (Å²) >= 11 is 0. The summed E-state index contributed by atoms with van der Waals surface area (Å²) in [5.74, 6) is 0. The van der Waals surface area contributed by atoms with Gasteiger partial charge in [0.15, 0.2) is 0 Å². The van der Waals surface area contributed by atoms with Crippen molar-refractivity contribution >= 4 is 11.9 Å². The van der Waals surface area contributed by atoms with Gasteiger partial charge in [-0.15, -0.1) is 0 Å². The number of nitrogens with zero attached hydrogens (tertiary/aromatic N) is 2. The van der Waals surface area contributed by atoms with Gasteiger partial charge in [0.2, 0.25) is 0 Å². The Morgan fingerprint density at radius 3 is 2.00 bits per heavy atom.